The molecule has 2 aromatic heterocycles. The van der Waals surface area contributed by atoms with Crippen molar-refractivity contribution in [1.82, 2.24) is 19.5 Å². The zero-order valence-electron chi connectivity index (χ0n) is 20.2. The number of aromatic nitrogens is 4. The van der Waals surface area contributed by atoms with Crippen LogP contribution in [0.4, 0.5) is 20.4 Å². The summed E-state index contributed by atoms with van der Waals surface area (Å²) < 4.78 is 46.8. The second-order valence-corrected chi connectivity index (χ2v) is 8.66. The van der Waals surface area contributed by atoms with Gasteiger partial charge in [-0.25, -0.2) is 13.8 Å². The lowest BCUT2D eigenvalue weighted by Crippen LogP contribution is -2.49. The molecule has 3 aromatic rings. The van der Waals surface area contributed by atoms with Crippen molar-refractivity contribution < 1.29 is 23.0 Å². The quantitative estimate of drug-likeness (QED) is 0.521. The van der Waals surface area contributed by atoms with Crippen LogP contribution in [0.5, 0.6) is 5.75 Å². The van der Waals surface area contributed by atoms with Crippen LogP contribution in [-0.4, -0.2) is 77.7 Å². The van der Waals surface area contributed by atoms with Crippen LogP contribution in [0.3, 0.4) is 0 Å². The van der Waals surface area contributed by atoms with Crippen molar-refractivity contribution in [1.29, 1.82) is 0 Å². The molecule has 0 bridgehead atoms. The number of halogens is 2. The summed E-state index contributed by atoms with van der Waals surface area (Å²) >= 11 is 0. The number of para-hydroxylation sites is 1. The second-order valence-electron chi connectivity index (χ2n) is 8.66. The summed E-state index contributed by atoms with van der Waals surface area (Å²) in [6.45, 7) is 10.0. The van der Waals surface area contributed by atoms with E-state index in [0.717, 1.165) is 0 Å². The number of imidazole rings is 1. The maximum Gasteiger partial charge on any atom is 0.296 e. The summed E-state index contributed by atoms with van der Waals surface area (Å²) in [6, 6.07) is 7.21. The third kappa shape index (κ3) is 4.50. The highest BCUT2D eigenvalue weighted by atomic mass is 19.3. The van der Waals surface area contributed by atoms with E-state index in [1.54, 1.807) is 18.2 Å². The monoisotopic (exact) mass is 488 g/mol. The highest BCUT2D eigenvalue weighted by Crippen LogP contribution is 2.33. The van der Waals surface area contributed by atoms with Gasteiger partial charge in [0, 0.05) is 25.7 Å². The van der Waals surface area contributed by atoms with Crippen LogP contribution in [-0.2, 0) is 9.47 Å². The summed E-state index contributed by atoms with van der Waals surface area (Å²) in [5.74, 6) is 1.53. The van der Waals surface area contributed by atoms with Crippen LogP contribution in [0.2, 0.25) is 0 Å². The van der Waals surface area contributed by atoms with Gasteiger partial charge < -0.3 is 24.0 Å². The molecule has 1 aromatic carbocycles. The number of alkyl halides is 2. The van der Waals surface area contributed by atoms with E-state index in [4.69, 9.17) is 24.2 Å². The van der Waals surface area contributed by atoms with Crippen molar-refractivity contribution in [3.05, 3.63) is 30.1 Å². The molecule has 0 amide bonds. The molecule has 2 atom stereocenters. The molecule has 5 rings (SSSR count). The molecule has 4 heterocycles. The van der Waals surface area contributed by atoms with Gasteiger partial charge in [0.2, 0.25) is 5.95 Å². The van der Waals surface area contributed by atoms with Crippen LogP contribution in [0, 0.1) is 0 Å². The number of nitrogens with zero attached hydrogens (tertiary/aromatic N) is 6. The minimum Gasteiger partial charge on any atom is -0.492 e. The number of morpholine rings is 2. The summed E-state index contributed by atoms with van der Waals surface area (Å²) in [5, 5.41) is 0. The summed E-state index contributed by atoms with van der Waals surface area (Å²) in [7, 11) is 0. The lowest BCUT2D eigenvalue weighted by Gasteiger charge is -2.39. The molecule has 35 heavy (non-hydrogen) atoms. The Bertz CT molecular complexity index is 1180. The smallest absolute Gasteiger partial charge is 0.296 e. The second kappa shape index (κ2) is 9.90. The standard InChI is InChI=1S/C24H30F2N6O3/c1-4-34-18-7-5-6-17-21(18)29-23(22(25)26)32(17)24-27-19(30-8-11-33-12-9-30)14-20(28-24)31-10-13-35-16(3)15(31)2/h5-7,14-16,22H,4,8-13H2,1-3H3/t15-,16+/m0/s1. The van der Waals surface area contributed by atoms with E-state index >= 15 is 0 Å². The van der Waals surface area contributed by atoms with E-state index in [2.05, 4.69) is 21.7 Å². The molecule has 0 radical (unpaired) electrons. The lowest BCUT2D eigenvalue weighted by molar-refractivity contribution is 0.0281. The third-order valence-electron chi connectivity index (χ3n) is 6.57. The van der Waals surface area contributed by atoms with Gasteiger partial charge in [0.1, 0.15) is 22.9 Å². The Morgan fingerprint density at radius 1 is 1.06 bits per heavy atom. The van der Waals surface area contributed by atoms with Crippen molar-refractivity contribution in [2.75, 3.05) is 55.9 Å². The Kier molecular flexibility index (Phi) is 6.70. The first kappa shape index (κ1) is 23.7. The van der Waals surface area contributed by atoms with E-state index in [1.165, 1.54) is 4.57 Å². The Labute approximate surface area is 202 Å². The van der Waals surface area contributed by atoms with Gasteiger partial charge in [-0.3, -0.25) is 4.57 Å². The number of anilines is 2. The number of ether oxygens (including phenoxy) is 3. The maximum atomic E-state index is 14.3. The van der Waals surface area contributed by atoms with Crippen molar-refractivity contribution in [3.63, 3.8) is 0 Å². The predicted molar refractivity (Wildman–Crippen MR) is 128 cm³/mol. The number of rotatable bonds is 6. The van der Waals surface area contributed by atoms with Gasteiger partial charge in [0.25, 0.3) is 6.43 Å². The lowest BCUT2D eigenvalue weighted by atomic mass is 10.1. The minimum atomic E-state index is -2.82. The van der Waals surface area contributed by atoms with Crippen molar-refractivity contribution >= 4 is 22.7 Å². The molecule has 11 heteroatoms. The molecule has 0 aliphatic carbocycles. The first-order valence-electron chi connectivity index (χ1n) is 12.0. The maximum absolute atomic E-state index is 14.3. The molecule has 0 unspecified atom stereocenters. The molecule has 0 N–H and O–H groups in total. The molecule has 9 nitrogen and oxygen atoms in total. The molecule has 0 spiro atoms. The first-order chi connectivity index (χ1) is 17.0. The van der Waals surface area contributed by atoms with Crippen molar-refractivity contribution in [2.45, 2.75) is 39.3 Å². The zero-order chi connectivity index (χ0) is 24.5. The van der Waals surface area contributed by atoms with Gasteiger partial charge in [0.05, 0.1) is 44.1 Å². The van der Waals surface area contributed by atoms with Crippen LogP contribution in [0.1, 0.15) is 33.0 Å². The first-order valence-corrected chi connectivity index (χ1v) is 12.0. The van der Waals surface area contributed by atoms with Crippen LogP contribution in [0.25, 0.3) is 17.0 Å². The Balaban J connectivity index is 1.70. The molecule has 0 saturated carbocycles. The van der Waals surface area contributed by atoms with Gasteiger partial charge in [-0.05, 0) is 32.9 Å². The number of hydrogen-bond acceptors (Lipinski definition) is 8. The third-order valence-corrected chi connectivity index (χ3v) is 6.57. The Hall–Kier alpha value is -3.05. The van der Waals surface area contributed by atoms with E-state index in [1.807, 2.05) is 19.9 Å². The van der Waals surface area contributed by atoms with Crippen LogP contribution >= 0.6 is 0 Å². The van der Waals surface area contributed by atoms with Crippen LogP contribution < -0.4 is 14.5 Å². The highest BCUT2D eigenvalue weighted by Gasteiger charge is 2.30. The van der Waals surface area contributed by atoms with E-state index < -0.39 is 12.2 Å². The SMILES string of the molecule is CCOc1cccc2c1nc(C(F)F)n2-c1nc(N2CCOCC2)cc(N2CCO[C@H](C)[C@@H]2C)n1. The minimum absolute atomic E-state index is 0.00783. The van der Waals surface area contributed by atoms with E-state index in [0.29, 0.717) is 74.5 Å². The van der Waals surface area contributed by atoms with E-state index in [9.17, 15) is 8.78 Å². The summed E-state index contributed by atoms with van der Waals surface area (Å²) in [4.78, 5) is 18.1. The topological polar surface area (TPSA) is 77.8 Å². The Morgan fingerprint density at radius 2 is 1.83 bits per heavy atom. The van der Waals surface area contributed by atoms with Gasteiger partial charge in [-0.1, -0.05) is 6.07 Å². The largest absolute Gasteiger partial charge is 0.492 e. The molecule has 2 aliphatic heterocycles. The van der Waals surface area contributed by atoms with Crippen molar-refractivity contribution in [3.8, 4) is 11.7 Å². The highest BCUT2D eigenvalue weighted by molar-refractivity contribution is 5.84. The van der Waals surface area contributed by atoms with Gasteiger partial charge >= 0.3 is 0 Å². The van der Waals surface area contributed by atoms with Crippen LogP contribution in [0.15, 0.2) is 24.3 Å². The normalized spacial score (nSPS) is 21.2. The molecule has 2 aliphatic rings. The molecule has 2 saturated heterocycles. The molecule has 2 fully saturated rings. The van der Waals surface area contributed by atoms with Gasteiger partial charge in [-0.15, -0.1) is 0 Å². The zero-order valence-corrected chi connectivity index (χ0v) is 20.2. The fourth-order valence-electron chi connectivity index (χ4n) is 4.59. The average Bonchev–Trinajstić information content (AvgIpc) is 3.27. The fraction of sp³-hybridized carbons (Fsp3) is 0.542. The average molecular weight is 489 g/mol. The van der Waals surface area contributed by atoms with Gasteiger partial charge in [-0.2, -0.15) is 9.97 Å². The van der Waals surface area contributed by atoms with Crippen molar-refractivity contribution in [2.24, 2.45) is 0 Å². The Morgan fingerprint density at radius 3 is 2.57 bits per heavy atom. The number of fused-ring (bicyclic) bond motifs is 1. The fourth-order valence-corrected chi connectivity index (χ4v) is 4.59. The predicted octanol–water partition coefficient (Wildman–Crippen LogP) is 3.60. The van der Waals surface area contributed by atoms with E-state index in [-0.39, 0.29) is 18.1 Å². The molecular formula is C24H30F2N6O3. The molecular weight excluding hydrogens is 458 g/mol. The number of benzene rings is 1. The molecule has 188 valence electrons. The number of hydrogen-bond donors (Lipinski definition) is 0. The van der Waals surface area contributed by atoms with Gasteiger partial charge in [0.15, 0.2) is 5.82 Å². The summed E-state index contributed by atoms with van der Waals surface area (Å²) in [5.41, 5.74) is 0.833. The summed E-state index contributed by atoms with van der Waals surface area (Å²) in [6.07, 6.45) is -2.81.